The summed E-state index contributed by atoms with van der Waals surface area (Å²) in [5, 5.41) is 6.88. The van der Waals surface area contributed by atoms with E-state index in [4.69, 9.17) is 0 Å². The Labute approximate surface area is 195 Å². The van der Waals surface area contributed by atoms with Crippen molar-refractivity contribution in [2.45, 2.75) is 31.8 Å². The van der Waals surface area contributed by atoms with Gasteiger partial charge < -0.3 is 20.4 Å². The molecular formula is C22H30FIN6. The summed E-state index contributed by atoms with van der Waals surface area (Å²) in [6.07, 6.45) is 4.90. The van der Waals surface area contributed by atoms with E-state index in [0.29, 0.717) is 12.4 Å². The quantitative estimate of drug-likeness (QED) is 0.366. The fourth-order valence-corrected chi connectivity index (χ4v) is 4.20. The van der Waals surface area contributed by atoms with Crippen LogP contribution in [0.4, 0.5) is 15.9 Å². The van der Waals surface area contributed by atoms with Gasteiger partial charge in [0.15, 0.2) is 17.6 Å². The summed E-state index contributed by atoms with van der Waals surface area (Å²) in [6.45, 7) is 3.34. The van der Waals surface area contributed by atoms with E-state index >= 15 is 0 Å². The first-order valence-electron chi connectivity index (χ1n) is 10.3. The van der Waals surface area contributed by atoms with E-state index in [9.17, 15) is 4.39 Å². The molecule has 0 saturated carbocycles. The van der Waals surface area contributed by atoms with Gasteiger partial charge in [-0.15, -0.1) is 24.0 Å². The molecule has 0 spiro atoms. The van der Waals surface area contributed by atoms with Gasteiger partial charge in [-0.2, -0.15) is 0 Å². The fourth-order valence-electron chi connectivity index (χ4n) is 4.20. The SMILES string of the molecule is CN=C(NCc1ccc2c(c1)CCCN2C)NC1CCN(c2ncccc2F)C1.I. The first kappa shape index (κ1) is 22.6. The summed E-state index contributed by atoms with van der Waals surface area (Å²) in [4.78, 5) is 12.9. The van der Waals surface area contributed by atoms with Crippen molar-refractivity contribution >= 4 is 41.4 Å². The first-order chi connectivity index (χ1) is 14.1. The van der Waals surface area contributed by atoms with Gasteiger partial charge in [0.25, 0.3) is 0 Å². The van der Waals surface area contributed by atoms with Gasteiger partial charge >= 0.3 is 0 Å². The molecule has 1 unspecified atom stereocenters. The van der Waals surface area contributed by atoms with E-state index in [-0.39, 0.29) is 35.8 Å². The largest absolute Gasteiger partial charge is 0.374 e. The summed E-state index contributed by atoms with van der Waals surface area (Å²) in [5.74, 6) is 0.931. The highest BCUT2D eigenvalue weighted by molar-refractivity contribution is 14.0. The Morgan fingerprint density at radius 2 is 2.17 bits per heavy atom. The zero-order valence-corrected chi connectivity index (χ0v) is 19.9. The third-order valence-electron chi connectivity index (χ3n) is 5.75. The van der Waals surface area contributed by atoms with E-state index in [0.717, 1.165) is 38.4 Å². The zero-order valence-electron chi connectivity index (χ0n) is 17.6. The number of aliphatic imine (C=N–C) groups is 1. The molecule has 4 rings (SSSR count). The molecule has 2 aromatic rings. The number of pyridine rings is 1. The summed E-state index contributed by atoms with van der Waals surface area (Å²) in [5.41, 5.74) is 4.02. The molecule has 0 amide bonds. The Bertz CT molecular complexity index is 890. The minimum atomic E-state index is -0.270. The highest BCUT2D eigenvalue weighted by atomic mass is 127. The molecular weight excluding hydrogens is 494 g/mol. The minimum Gasteiger partial charge on any atom is -0.374 e. The molecule has 0 aliphatic carbocycles. The normalized spacial score (nSPS) is 18.6. The summed E-state index contributed by atoms with van der Waals surface area (Å²) < 4.78 is 14.0. The summed E-state index contributed by atoms with van der Waals surface area (Å²) >= 11 is 0. The van der Waals surface area contributed by atoms with Crippen LogP contribution in [-0.2, 0) is 13.0 Å². The van der Waals surface area contributed by atoms with E-state index in [1.807, 2.05) is 4.90 Å². The van der Waals surface area contributed by atoms with E-state index < -0.39 is 0 Å². The lowest BCUT2D eigenvalue weighted by atomic mass is 9.99. The van der Waals surface area contributed by atoms with E-state index in [1.165, 1.54) is 29.3 Å². The monoisotopic (exact) mass is 524 g/mol. The van der Waals surface area contributed by atoms with Crippen molar-refractivity contribution < 1.29 is 4.39 Å². The van der Waals surface area contributed by atoms with Crippen LogP contribution in [0, 0.1) is 5.82 Å². The molecule has 2 aliphatic rings. The molecule has 2 aliphatic heterocycles. The number of fused-ring (bicyclic) bond motifs is 1. The topological polar surface area (TPSA) is 55.8 Å². The number of nitrogens with zero attached hydrogens (tertiary/aromatic N) is 4. The van der Waals surface area contributed by atoms with Crippen LogP contribution in [0.2, 0.25) is 0 Å². The van der Waals surface area contributed by atoms with E-state index in [2.05, 4.69) is 50.8 Å². The molecule has 0 bridgehead atoms. The molecule has 1 fully saturated rings. The summed E-state index contributed by atoms with van der Waals surface area (Å²) in [7, 11) is 3.94. The second-order valence-electron chi connectivity index (χ2n) is 7.80. The van der Waals surface area contributed by atoms with Gasteiger partial charge in [-0.1, -0.05) is 12.1 Å². The van der Waals surface area contributed by atoms with Crippen LogP contribution in [0.15, 0.2) is 41.5 Å². The molecule has 162 valence electrons. The molecule has 1 saturated heterocycles. The van der Waals surface area contributed by atoms with Gasteiger partial charge in [0.05, 0.1) is 0 Å². The van der Waals surface area contributed by atoms with E-state index in [1.54, 1.807) is 19.3 Å². The number of aryl methyl sites for hydroxylation is 1. The number of hydrogen-bond donors (Lipinski definition) is 2. The van der Waals surface area contributed by atoms with Gasteiger partial charge in [0.1, 0.15) is 0 Å². The molecule has 1 aromatic heterocycles. The third-order valence-corrected chi connectivity index (χ3v) is 5.75. The molecule has 3 heterocycles. The first-order valence-corrected chi connectivity index (χ1v) is 10.3. The molecule has 30 heavy (non-hydrogen) atoms. The smallest absolute Gasteiger partial charge is 0.191 e. The Morgan fingerprint density at radius 3 is 2.97 bits per heavy atom. The van der Waals surface area contributed by atoms with Crippen LogP contribution in [0.5, 0.6) is 0 Å². The third kappa shape index (κ3) is 5.14. The van der Waals surface area contributed by atoms with Crippen LogP contribution in [0.25, 0.3) is 0 Å². The van der Waals surface area contributed by atoms with Gasteiger partial charge in [-0.05, 0) is 48.6 Å². The van der Waals surface area contributed by atoms with Crippen molar-refractivity contribution in [2.75, 3.05) is 43.5 Å². The maximum Gasteiger partial charge on any atom is 0.191 e. The Balaban J connectivity index is 0.00000256. The predicted molar refractivity (Wildman–Crippen MR) is 132 cm³/mol. The van der Waals surface area contributed by atoms with Crippen molar-refractivity contribution in [2.24, 2.45) is 4.99 Å². The number of benzene rings is 1. The summed E-state index contributed by atoms with van der Waals surface area (Å²) in [6, 6.07) is 9.99. The van der Waals surface area contributed by atoms with Crippen molar-refractivity contribution in [1.82, 2.24) is 15.6 Å². The molecule has 6 nitrogen and oxygen atoms in total. The number of hydrogen-bond acceptors (Lipinski definition) is 4. The number of halogens is 2. The fraction of sp³-hybridized carbons (Fsp3) is 0.455. The lowest BCUT2D eigenvalue weighted by Crippen LogP contribution is -2.44. The molecule has 1 atom stereocenters. The Hall–Kier alpha value is -2.10. The van der Waals surface area contributed by atoms with Crippen LogP contribution in [0.1, 0.15) is 24.0 Å². The van der Waals surface area contributed by atoms with Crippen LogP contribution in [0.3, 0.4) is 0 Å². The number of rotatable bonds is 4. The minimum absolute atomic E-state index is 0. The molecule has 2 N–H and O–H groups in total. The second-order valence-corrected chi connectivity index (χ2v) is 7.80. The van der Waals surface area contributed by atoms with Crippen molar-refractivity contribution in [3.05, 3.63) is 53.5 Å². The lowest BCUT2D eigenvalue weighted by Gasteiger charge is -2.28. The average Bonchev–Trinajstić information content (AvgIpc) is 3.20. The van der Waals surface area contributed by atoms with Crippen molar-refractivity contribution in [3.8, 4) is 0 Å². The maximum absolute atomic E-state index is 14.0. The lowest BCUT2D eigenvalue weighted by molar-refractivity contribution is 0.612. The predicted octanol–water partition coefficient (Wildman–Crippen LogP) is 3.17. The zero-order chi connectivity index (χ0) is 20.2. The molecule has 1 aromatic carbocycles. The van der Waals surface area contributed by atoms with Gasteiger partial charge in [-0.25, -0.2) is 9.37 Å². The number of guanidine groups is 1. The van der Waals surface area contributed by atoms with Gasteiger partial charge in [0, 0.05) is 58.2 Å². The average molecular weight is 524 g/mol. The van der Waals surface area contributed by atoms with Crippen LogP contribution in [-0.4, -0.2) is 50.7 Å². The maximum atomic E-state index is 14.0. The van der Waals surface area contributed by atoms with Gasteiger partial charge in [0.2, 0.25) is 0 Å². The Kier molecular flexibility index (Phi) is 7.74. The van der Waals surface area contributed by atoms with Crippen LogP contribution < -0.4 is 20.4 Å². The highest BCUT2D eigenvalue weighted by Crippen LogP contribution is 2.26. The van der Waals surface area contributed by atoms with Gasteiger partial charge in [-0.3, -0.25) is 4.99 Å². The van der Waals surface area contributed by atoms with Crippen LogP contribution >= 0.6 is 24.0 Å². The number of anilines is 2. The van der Waals surface area contributed by atoms with Crippen molar-refractivity contribution in [3.63, 3.8) is 0 Å². The van der Waals surface area contributed by atoms with Crippen molar-refractivity contribution in [1.29, 1.82) is 0 Å². The molecule has 0 radical (unpaired) electrons. The second kappa shape index (κ2) is 10.3. The highest BCUT2D eigenvalue weighted by Gasteiger charge is 2.26. The number of nitrogens with one attached hydrogen (secondary N) is 2. The Morgan fingerprint density at radius 1 is 1.30 bits per heavy atom. The standard InChI is InChI=1S/C22H29FN6.HI/c1-24-22(26-14-16-7-8-20-17(13-16)5-4-11-28(20)2)27-18-9-12-29(15-18)21-19(23)6-3-10-25-21;/h3,6-8,10,13,18H,4-5,9,11-12,14-15H2,1-2H3,(H2,24,26,27);1H. The number of aromatic nitrogens is 1. The molecule has 8 heteroatoms.